The van der Waals surface area contributed by atoms with Gasteiger partial charge in [0.15, 0.2) is 0 Å². The van der Waals surface area contributed by atoms with Crippen molar-refractivity contribution in [3.63, 3.8) is 0 Å². The van der Waals surface area contributed by atoms with Crippen LogP contribution < -0.4 is 0 Å². The average Bonchev–Trinajstić information content (AvgIpc) is 2.71. The van der Waals surface area contributed by atoms with Crippen molar-refractivity contribution in [2.24, 2.45) is 17.8 Å². The number of hydrogen-bond donors (Lipinski definition) is 2. The Labute approximate surface area is 176 Å². The van der Waals surface area contributed by atoms with Crippen LogP contribution in [-0.2, 0) is 5.41 Å². The zero-order valence-electron chi connectivity index (χ0n) is 17.0. The number of carboxylic acid groups (broad SMARTS) is 1. The summed E-state index contributed by atoms with van der Waals surface area (Å²) in [6.45, 7) is 0. The molecule has 152 valence electrons. The Balaban J connectivity index is 1.41. The van der Waals surface area contributed by atoms with E-state index in [0.717, 1.165) is 39.7 Å². The highest BCUT2D eigenvalue weighted by Gasteiger charge is 2.51. The standard InChI is InChI=1S/C27H26O3/c28-25-11-23(21-2-1-20-9-22(26(29)30)4-3-19(20)8-21)10-24(12-25)27-13-16-5-17(14-27)7-18(6-16)15-27/h1-4,8-12,16-18,28H,5-7,13-15H2,(H,29,30). The topological polar surface area (TPSA) is 57.5 Å². The van der Waals surface area contributed by atoms with Gasteiger partial charge in [-0.05, 0) is 119 Å². The van der Waals surface area contributed by atoms with Crippen LogP contribution >= 0.6 is 0 Å². The number of aromatic carboxylic acids is 1. The lowest BCUT2D eigenvalue weighted by molar-refractivity contribution is -0.00525. The summed E-state index contributed by atoms with van der Waals surface area (Å²) in [4.78, 5) is 11.2. The fraction of sp³-hybridized carbons (Fsp3) is 0.370. The molecule has 7 rings (SSSR count). The van der Waals surface area contributed by atoms with Gasteiger partial charge in [-0.25, -0.2) is 4.79 Å². The number of fused-ring (bicyclic) bond motifs is 1. The van der Waals surface area contributed by atoms with Crippen molar-refractivity contribution < 1.29 is 15.0 Å². The molecule has 0 radical (unpaired) electrons. The lowest BCUT2D eigenvalue weighted by Gasteiger charge is -2.57. The minimum Gasteiger partial charge on any atom is -0.508 e. The van der Waals surface area contributed by atoms with Crippen molar-refractivity contribution in [3.8, 4) is 16.9 Å². The maximum absolute atomic E-state index is 11.2. The van der Waals surface area contributed by atoms with Gasteiger partial charge in [0.2, 0.25) is 0 Å². The first-order chi connectivity index (χ1) is 14.5. The van der Waals surface area contributed by atoms with E-state index < -0.39 is 5.97 Å². The third-order valence-corrected chi connectivity index (χ3v) is 7.99. The lowest BCUT2D eigenvalue weighted by atomic mass is 9.48. The minimum atomic E-state index is -0.908. The number of carbonyl (C=O) groups is 1. The van der Waals surface area contributed by atoms with Crippen molar-refractivity contribution >= 4 is 16.7 Å². The Morgan fingerprint density at radius 3 is 2.07 bits per heavy atom. The quantitative estimate of drug-likeness (QED) is 0.538. The maximum Gasteiger partial charge on any atom is 0.335 e. The monoisotopic (exact) mass is 398 g/mol. The van der Waals surface area contributed by atoms with Crippen LogP contribution in [0.25, 0.3) is 21.9 Å². The van der Waals surface area contributed by atoms with Crippen molar-refractivity contribution in [2.75, 3.05) is 0 Å². The molecule has 0 saturated heterocycles. The van der Waals surface area contributed by atoms with E-state index in [2.05, 4.69) is 12.1 Å². The van der Waals surface area contributed by atoms with Crippen molar-refractivity contribution in [1.29, 1.82) is 0 Å². The fourth-order valence-electron chi connectivity index (χ4n) is 7.11. The van der Waals surface area contributed by atoms with E-state index in [1.807, 2.05) is 30.3 Å². The number of rotatable bonds is 3. The van der Waals surface area contributed by atoms with E-state index in [0.29, 0.717) is 11.3 Å². The SMILES string of the molecule is O=C(O)c1ccc2cc(-c3cc(O)cc(C45CC6CC(CC(C6)C4)C5)c3)ccc2c1. The summed E-state index contributed by atoms with van der Waals surface area (Å²) < 4.78 is 0. The van der Waals surface area contributed by atoms with E-state index in [4.69, 9.17) is 0 Å². The summed E-state index contributed by atoms with van der Waals surface area (Å²) >= 11 is 0. The fourth-order valence-corrected chi connectivity index (χ4v) is 7.11. The zero-order valence-corrected chi connectivity index (χ0v) is 17.0. The molecule has 2 N–H and O–H groups in total. The molecule has 0 spiro atoms. The highest BCUT2D eigenvalue weighted by molar-refractivity contribution is 5.95. The van der Waals surface area contributed by atoms with Gasteiger partial charge in [-0.1, -0.05) is 24.3 Å². The van der Waals surface area contributed by atoms with Gasteiger partial charge in [0.05, 0.1) is 5.56 Å². The second-order valence-electron chi connectivity index (χ2n) is 10.0. The zero-order chi connectivity index (χ0) is 20.5. The van der Waals surface area contributed by atoms with Crippen molar-refractivity contribution in [2.45, 2.75) is 43.9 Å². The highest BCUT2D eigenvalue weighted by Crippen LogP contribution is 2.61. The molecule has 4 aliphatic carbocycles. The molecule has 3 heteroatoms. The Kier molecular flexibility index (Phi) is 3.80. The van der Waals surface area contributed by atoms with Gasteiger partial charge in [-0.15, -0.1) is 0 Å². The van der Waals surface area contributed by atoms with Crippen LogP contribution in [0.15, 0.2) is 54.6 Å². The molecule has 0 unspecified atom stereocenters. The Morgan fingerprint density at radius 1 is 0.767 bits per heavy atom. The van der Waals surface area contributed by atoms with E-state index >= 15 is 0 Å². The molecule has 4 aliphatic rings. The Bertz CT molecular complexity index is 1140. The number of phenols is 1. The molecule has 0 aromatic heterocycles. The molecule has 0 atom stereocenters. The predicted octanol–water partition coefficient (Wildman–Crippen LogP) is 6.38. The maximum atomic E-state index is 11.2. The highest BCUT2D eigenvalue weighted by atomic mass is 16.4. The summed E-state index contributed by atoms with van der Waals surface area (Å²) in [5.74, 6) is 2.04. The smallest absolute Gasteiger partial charge is 0.335 e. The minimum absolute atomic E-state index is 0.246. The van der Waals surface area contributed by atoms with Gasteiger partial charge in [0.25, 0.3) is 0 Å². The van der Waals surface area contributed by atoms with Crippen molar-refractivity contribution in [1.82, 2.24) is 0 Å². The number of hydrogen-bond acceptors (Lipinski definition) is 2. The van der Waals surface area contributed by atoms with Crippen LogP contribution in [0.2, 0.25) is 0 Å². The van der Waals surface area contributed by atoms with Gasteiger partial charge in [0.1, 0.15) is 5.75 Å². The van der Waals surface area contributed by atoms with Gasteiger partial charge in [-0.2, -0.15) is 0 Å². The third-order valence-electron chi connectivity index (χ3n) is 7.99. The lowest BCUT2D eigenvalue weighted by Crippen LogP contribution is -2.48. The van der Waals surface area contributed by atoms with E-state index in [9.17, 15) is 15.0 Å². The average molecular weight is 399 g/mol. The molecule has 4 bridgehead atoms. The summed E-state index contributed by atoms with van der Waals surface area (Å²) in [6, 6.07) is 17.5. The van der Waals surface area contributed by atoms with E-state index in [1.54, 1.807) is 12.1 Å². The summed E-state index contributed by atoms with van der Waals surface area (Å²) in [6.07, 6.45) is 8.06. The molecule has 0 aliphatic heterocycles. The van der Waals surface area contributed by atoms with Crippen LogP contribution in [0.4, 0.5) is 0 Å². The molecule has 3 aromatic carbocycles. The normalized spacial score (nSPS) is 29.4. The number of carboxylic acids is 1. The number of phenolic OH excluding ortho intramolecular Hbond substituents is 1. The van der Waals surface area contributed by atoms with Gasteiger partial charge >= 0.3 is 5.97 Å². The first kappa shape index (κ1) is 18.0. The first-order valence-electron chi connectivity index (χ1n) is 11.1. The van der Waals surface area contributed by atoms with Crippen LogP contribution in [0.3, 0.4) is 0 Å². The van der Waals surface area contributed by atoms with Crippen LogP contribution in [0.5, 0.6) is 5.75 Å². The summed E-state index contributed by atoms with van der Waals surface area (Å²) in [5, 5.41) is 21.8. The Morgan fingerprint density at radius 2 is 1.40 bits per heavy atom. The van der Waals surface area contributed by atoms with E-state index in [-0.39, 0.29) is 5.41 Å². The summed E-state index contributed by atoms with van der Waals surface area (Å²) in [5.41, 5.74) is 3.97. The molecule has 4 fully saturated rings. The predicted molar refractivity (Wildman–Crippen MR) is 118 cm³/mol. The molecule has 0 heterocycles. The largest absolute Gasteiger partial charge is 0.508 e. The van der Waals surface area contributed by atoms with Crippen LogP contribution in [-0.4, -0.2) is 16.2 Å². The van der Waals surface area contributed by atoms with Crippen molar-refractivity contribution in [3.05, 3.63) is 65.7 Å². The molecular formula is C27H26O3. The van der Waals surface area contributed by atoms with Gasteiger partial charge < -0.3 is 10.2 Å². The molecule has 4 saturated carbocycles. The first-order valence-corrected chi connectivity index (χ1v) is 11.1. The molecule has 3 aromatic rings. The van der Waals surface area contributed by atoms with Gasteiger partial charge in [-0.3, -0.25) is 0 Å². The second-order valence-corrected chi connectivity index (χ2v) is 10.0. The van der Waals surface area contributed by atoms with Gasteiger partial charge in [0, 0.05) is 0 Å². The van der Waals surface area contributed by atoms with Crippen LogP contribution in [0, 0.1) is 17.8 Å². The number of benzene rings is 3. The molecular weight excluding hydrogens is 372 g/mol. The molecule has 0 amide bonds. The number of aromatic hydroxyl groups is 1. The molecule has 30 heavy (non-hydrogen) atoms. The third kappa shape index (κ3) is 2.83. The Hall–Kier alpha value is -2.81. The second kappa shape index (κ2) is 6.34. The van der Waals surface area contributed by atoms with Crippen LogP contribution in [0.1, 0.15) is 54.4 Å². The van der Waals surface area contributed by atoms with E-state index in [1.165, 1.54) is 44.1 Å². The molecule has 3 nitrogen and oxygen atoms in total. The summed E-state index contributed by atoms with van der Waals surface area (Å²) in [7, 11) is 0.